The van der Waals surface area contributed by atoms with Gasteiger partial charge >= 0.3 is 0 Å². The molecule has 0 saturated carbocycles. The number of ether oxygens (including phenoxy) is 3. The van der Waals surface area contributed by atoms with Gasteiger partial charge in [0.1, 0.15) is 5.75 Å². The van der Waals surface area contributed by atoms with Gasteiger partial charge in [-0.2, -0.15) is 0 Å². The van der Waals surface area contributed by atoms with Crippen molar-refractivity contribution in [3.05, 3.63) is 53.6 Å². The monoisotopic (exact) mass is 328 g/mol. The van der Waals surface area contributed by atoms with Gasteiger partial charge in [-0.15, -0.1) is 0 Å². The van der Waals surface area contributed by atoms with Gasteiger partial charge in [0.25, 0.3) is 0 Å². The van der Waals surface area contributed by atoms with Crippen LogP contribution in [-0.2, 0) is 4.74 Å². The number of hydrogen-bond donors (Lipinski definition) is 1. The molecule has 2 aromatic rings. The van der Waals surface area contributed by atoms with E-state index in [2.05, 4.69) is 13.8 Å². The second kappa shape index (κ2) is 6.73. The molecular weight excluding hydrogens is 304 g/mol. The predicted molar refractivity (Wildman–Crippen MR) is 92.5 cm³/mol. The summed E-state index contributed by atoms with van der Waals surface area (Å²) in [6.07, 6.45) is 0.0114. The molecule has 1 N–H and O–H groups in total. The Morgan fingerprint density at radius 2 is 1.33 bits per heavy atom. The van der Waals surface area contributed by atoms with Gasteiger partial charge in [0, 0.05) is 0 Å². The minimum Gasteiger partial charge on any atom is -0.508 e. The molecule has 0 bridgehead atoms. The Bertz CT molecular complexity index is 695. The maximum Gasteiger partial charge on any atom is 0.161 e. The van der Waals surface area contributed by atoms with E-state index in [1.807, 2.05) is 30.3 Å². The lowest BCUT2D eigenvalue weighted by molar-refractivity contribution is 0.0289. The molecular formula is C20H24O4. The lowest BCUT2D eigenvalue weighted by Gasteiger charge is -2.18. The molecule has 1 aliphatic rings. The number of benzene rings is 2. The predicted octanol–water partition coefficient (Wildman–Crippen LogP) is 4.49. The SMILES string of the molecule is COc1ccc([C@@H]2O[C@@H](c3ccc(O)cc3)[C@H](C)[C@@H]2C)cc1OC. The number of rotatable bonds is 4. The third kappa shape index (κ3) is 2.94. The maximum absolute atomic E-state index is 9.49. The second-order valence-electron chi connectivity index (χ2n) is 6.40. The molecule has 24 heavy (non-hydrogen) atoms. The van der Waals surface area contributed by atoms with Crippen molar-refractivity contribution in [2.45, 2.75) is 26.1 Å². The first-order chi connectivity index (χ1) is 11.5. The van der Waals surface area contributed by atoms with Crippen molar-refractivity contribution < 1.29 is 19.3 Å². The number of phenolic OH excluding ortho intramolecular Hbond substituents is 1. The summed E-state index contributed by atoms with van der Waals surface area (Å²) in [6, 6.07) is 13.2. The Morgan fingerprint density at radius 1 is 0.792 bits per heavy atom. The molecule has 128 valence electrons. The van der Waals surface area contributed by atoms with Crippen LogP contribution >= 0.6 is 0 Å². The average molecular weight is 328 g/mol. The van der Waals surface area contributed by atoms with E-state index in [4.69, 9.17) is 14.2 Å². The molecule has 1 aliphatic heterocycles. The number of methoxy groups -OCH3 is 2. The van der Waals surface area contributed by atoms with Crippen LogP contribution in [0.15, 0.2) is 42.5 Å². The molecule has 0 radical (unpaired) electrons. The van der Waals surface area contributed by atoms with Crippen molar-refractivity contribution in [2.75, 3.05) is 14.2 Å². The molecule has 0 spiro atoms. The molecule has 3 rings (SSSR count). The molecule has 4 nitrogen and oxygen atoms in total. The fourth-order valence-electron chi connectivity index (χ4n) is 3.42. The highest BCUT2D eigenvalue weighted by molar-refractivity contribution is 5.44. The van der Waals surface area contributed by atoms with E-state index in [-0.39, 0.29) is 18.0 Å². The minimum atomic E-state index is -0.00129. The van der Waals surface area contributed by atoms with Crippen LogP contribution in [0.1, 0.15) is 37.2 Å². The Morgan fingerprint density at radius 3 is 1.92 bits per heavy atom. The lowest BCUT2D eigenvalue weighted by Crippen LogP contribution is -2.10. The fourth-order valence-corrected chi connectivity index (χ4v) is 3.42. The number of hydrogen-bond acceptors (Lipinski definition) is 4. The molecule has 0 aliphatic carbocycles. The minimum absolute atomic E-state index is 0.00129. The summed E-state index contributed by atoms with van der Waals surface area (Å²) in [7, 11) is 3.28. The van der Waals surface area contributed by atoms with E-state index in [0.29, 0.717) is 17.6 Å². The summed E-state index contributed by atoms with van der Waals surface area (Å²) in [5.41, 5.74) is 2.18. The first-order valence-corrected chi connectivity index (χ1v) is 8.21. The first-order valence-electron chi connectivity index (χ1n) is 8.21. The van der Waals surface area contributed by atoms with E-state index in [1.54, 1.807) is 26.4 Å². The van der Waals surface area contributed by atoms with Crippen LogP contribution in [0.25, 0.3) is 0 Å². The number of phenols is 1. The van der Waals surface area contributed by atoms with Gasteiger partial charge in [-0.05, 0) is 47.2 Å². The smallest absolute Gasteiger partial charge is 0.161 e. The molecule has 0 aromatic heterocycles. The second-order valence-corrected chi connectivity index (χ2v) is 6.40. The van der Waals surface area contributed by atoms with E-state index in [1.165, 1.54) is 0 Å². The van der Waals surface area contributed by atoms with E-state index in [9.17, 15) is 5.11 Å². The van der Waals surface area contributed by atoms with Crippen LogP contribution in [-0.4, -0.2) is 19.3 Å². The molecule has 2 aromatic carbocycles. The highest BCUT2D eigenvalue weighted by Crippen LogP contribution is 2.49. The Kier molecular flexibility index (Phi) is 4.67. The van der Waals surface area contributed by atoms with Crippen molar-refractivity contribution in [3.8, 4) is 17.2 Å². The van der Waals surface area contributed by atoms with E-state index < -0.39 is 0 Å². The van der Waals surface area contributed by atoms with Gasteiger partial charge < -0.3 is 19.3 Å². The van der Waals surface area contributed by atoms with Gasteiger partial charge in [0.15, 0.2) is 11.5 Å². The molecule has 1 heterocycles. The summed E-state index contributed by atoms with van der Waals surface area (Å²) >= 11 is 0. The largest absolute Gasteiger partial charge is 0.508 e. The van der Waals surface area contributed by atoms with Crippen LogP contribution in [0.2, 0.25) is 0 Å². The van der Waals surface area contributed by atoms with Crippen molar-refractivity contribution in [1.82, 2.24) is 0 Å². The van der Waals surface area contributed by atoms with Gasteiger partial charge in [-0.25, -0.2) is 0 Å². The summed E-state index contributed by atoms with van der Waals surface area (Å²) in [5, 5.41) is 9.49. The average Bonchev–Trinajstić information content (AvgIpc) is 2.90. The first kappa shape index (κ1) is 16.7. The highest BCUT2D eigenvalue weighted by atomic mass is 16.5. The van der Waals surface area contributed by atoms with Crippen LogP contribution in [0.3, 0.4) is 0 Å². The van der Waals surface area contributed by atoms with E-state index >= 15 is 0 Å². The molecule has 1 fully saturated rings. The number of aromatic hydroxyl groups is 1. The molecule has 0 unspecified atom stereocenters. The highest BCUT2D eigenvalue weighted by Gasteiger charge is 2.40. The van der Waals surface area contributed by atoms with E-state index in [0.717, 1.165) is 16.9 Å². The van der Waals surface area contributed by atoms with Crippen molar-refractivity contribution in [2.24, 2.45) is 11.8 Å². The Balaban J connectivity index is 1.88. The zero-order chi connectivity index (χ0) is 17.3. The quantitative estimate of drug-likeness (QED) is 0.898. The summed E-state index contributed by atoms with van der Waals surface area (Å²) < 4.78 is 17.1. The zero-order valence-corrected chi connectivity index (χ0v) is 14.5. The standard InChI is InChI=1S/C20H24O4/c1-12-13(2)20(15-7-10-17(22-3)18(11-15)23-4)24-19(12)14-5-8-16(21)9-6-14/h5-13,19-21H,1-4H3/t12-,13+,19-,20-/m1/s1. The van der Waals surface area contributed by atoms with Gasteiger partial charge in [0.2, 0.25) is 0 Å². The summed E-state index contributed by atoms with van der Waals surface area (Å²) in [6.45, 7) is 4.43. The molecule has 4 heteroatoms. The van der Waals surface area contributed by atoms with Crippen molar-refractivity contribution in [1.29, 1.82) is 0 Å². The van der Waals surface area contributed by atoms with Crippen LogP contribution < -0.4 is 9.47 Å². The third-order valence-corrected chi connectivity index (χ3v) is 5.04. The fraction of sp³-hybridized carbons (Fsp3) is 0.400. The molecule has 4 atom stereocenters. The summed E-state index contributed by atoms with van der Waals surface area (Å²) in [5.74, 6) is 2.44. The topological polar surface area (TPSA) is 47.9 Å². The van der Waals surface area contributed by atoms with Crippen molar-refractivity contribution >= 4 is 0 Å². The normalized spacial score (nSPS) is 26.3. The van der Waals surface area contributed by atoms with Crippen LogP contribution in [0.4, 0.5) is 0 Å². The molecule has 0 amide bonds. The van der Waals surface area contributed by atoms with Gasteiger partial charge in [-0.1, -0.05) is 32.0 Å². The third-order valence-electron chi connectivity index (χ3n) is 5.04. The lowest BCUT2D eigenvalue weighted by atomic mass is 9.85. The van der Waals surface area contributed by atoms with Crippen molar-refractivity contribution in [3.63, 3.8) is 0 Å². The zero-order valence-electron chi connectivity index (χ0n) is 14.5. The molecule has 1 saturated heterocycles. The van der Waals surface area contributed by atoms with Crippen LogP contribution in [0.5, 0.6) is 17.2 Å². The summed E-state index contributed by atoms with van der Waals surface area (Å²) in [4.78, 5) is 0. The maximum atomic E-state index is 9.49. The van der Waals surface area contributed by atoms with Gasteiger partial charge in [0.05, 0.1) is 26.4 Å². The Hall–Kier alpha value is -2.20. The van der Waals surface area contributed by atoms with Crippen LogP contribution in [0, 0.1) is 11.8 Å². The van der Waals surface area contributed by atoms with Gasteiger partial charge in [-0.3, -0.25) is 0 Å². The Labute approximate surface area is 143 Å².